The lowest BCUT2D eigenvalue weighted by atomic mass is 9.74. The van der Waals surface area contributed by atoms with E-state index in [1.54, 1.807) is 0 Å². The van der Waals surface area contributed by atoms with Crippen molar-refractivity contribution >= 4 is 54.8 Å². The van der Waals surface area contributed by atoms with Gasteiger partial charge in [-0.3, -0.25) is 0 Å². The van der Waals surface area contributed by atoms with Crippen LogP contribution in [0, 0.1) is 0 Å². The SMILES string of the molecule is CC1(c2ccccc2)c2ccccc2-c2ccc3c(oc4ccc(-c5nc(-c6cccc7oc8ccccc8c67)c6ccccc6n5)cc43)c21. The maximum atomic E-state index is 6.83. The molecule has 0 fully saturated rings. The number of hydrogen-bond acceptors (Lipinski definition) is 4. The lowest BCUT2D eigenvalue weighted by Gasteiger charge is -2.28. The van der Waals surface area contributed by atoms with Gasteiger partial charge in [-0.2, -0.15) is 0 Å². The predicted octanol–water partition coefficient (Wildman–Crippen LogP) is 12.1. The molecule has 0 N–H and O–H groups in total. The molecular formula is C46H28N2O2. The van der Waals surface area contributed by atoms with Gasteiger partial charge < -0.3 is 8.83 Å². The average molecular weight is 641 g/mol. The minimum Gasteiger partial charge on any atom is -0.456 e. The van der Waals surface area contributed by atoms with E-state index < -0.39 is 0 Å². The van der Waals surface area contributed by atoms with E-state index in [2.05, 4.69) is 122 Å². The first-order chi connectivity index (χ1) is 24.7. The van der Waals surface area contributed by atoms with Crippen molar-refractivity contribution < 1.29 is 8.83 Å². The normalized spacial score (nSPS) is 15.4. The summed E-state index contributed by atoms with van der Waals surface area (Å²) in [5, 5.41) is 5.27. The highest BCUT2D eigenvalue weighted by Crippen LogP contribution is 2.55. The van der Waals surface area contributed by atoms with Crippen molar-refractivity contribution in [3.63, 3.8) is 0 Å². The molecule has 0 saturated carbocycles. The van der Waals surface area contributed by atoms with Gasteiger partial charge in [0.1, 0.15) is 22.3 Å². The van der Waals surface area contributed by atoms with Crippen LogP contribution in [0.2, 0.25) is 0 Å². The Morgan fingerprint density at radius 2 is 1.24 bits per heavy atom. The van der Waals surface area contributed by atoms with Crippen LogP contribution in [0.5, 0.6) is 0 Å². The van der Waals surface area contributed by atoms with Gasteiger partial charge in [0.2, 0.25) is 0 Å². The van der Waals surface area contributed by atoms with E-state index in [4.69, 9.17) is 18.8 Å². The quantitative estimate of drug-likeness (QED) is 0.193. The molecule has 1 unspecified atom stereocenters. The summed E-state index contributed by atoms with van der Waals surface area (Å²) in [6.45, 7) is 2.33. The lowest BCUT2D eigenvalue weighted by Crippen LogP contribution is -2.22. The third-order valence-corrected chi connectivity index (χ3v) is 10.8. The largest absolute Gasteiger partial charge is 0.456 e. The second-order valence-electron chi connectivity index (χ2n) is 13.4. The number of hydrogen-bond donors (Lipinski definition) is 0. The Labute approximate surface area is 287 Å². The Morgan fingerprint density at radius 3 is 2.16 bits per heavy atom. The van der Waals surface area contributed by atoms with E-state index in [9.17, 15) is 0 Å². The fourth-order valence-corrected chi connectivity index (χ4v) is 8.44. The van der Waals surface area contributed by atoms with Crippen LogP contribution in [0.25, 0.3) is 88.6 Å². The van der Waals surface area contributed by atoms with Crippen molar-refractivity contribution in [2.24, 2.45) is 0 Å². The van der Waals surface area contributed by atoms with Crippen molar-refractivity contribution in [2.45, 2.75) is 12.3 Å². The summed E-state index contributed by atoms with van der Waals surface area (Å²) in [5.74, 6) is 0.669. The zero-order valence-corrected chi connectivity index (χ0v) is 27.1. The molecule has 1 atom stereocenters. The molecule has 3 aromatic heterocycles. The fraction of sp³-hybridized carbons (Fsp3) is 0.0435. The van der Waals surface area contributed by atoms with Crippen molar-refractivity contribution in [3.8, 4) is 33.8 Å². The number of para-hydroxylation sites is 2. The second kappa shape index (κ2) is 10.0. The van der Waals surface area contributed by atoms with E-state index in [1.807, 2.05) is 36.4 Å². The van der Waals surface area contributed by atoms with Crippen molar-refractivity contribution in [2.75, 3.05) is 0 Å². The van der Waals surface area contributed by atoms with Crippen LogP contribution in [-0.2, 0) is 5.41 Å². The Kier molecular flexibility index (Phi) is 5.49. The van der Waals surface area contributed by atoms with Crippen LogP contribution in [-0.4, -0.2) is 9.97 Å². The summed E-state index contributed by atoms with van der Waals surface area (Å²) in [6, 6.07) is 53.0. The van der Waals surface area contributed by atoms with Gasteiger partial charge in [-0.15, -0.1) is 0 Å². The number of nitrogens with zero attached hydrogens (tertiary/aromatic N) is 2. The standard InChI is InChI=1S/C46H28N2O2/c1-46(28-12-3-2-4-13-28)36-18-8-5-14-29(36)30-23-24-31-35-26-27(22-25-39(35)50-44(31)42(30)46)45-47-37-19-9-6-15-32(37)43(48-45)34-17-11-21-40-41(34)33-16-7-10-20-38(33)49-40/h2-26H,1H3. The highest BCUT2D eigenvalue weighted by Gasteiger charge is 2.43. The molecule has 0 aliphatic heterocycles. The summed E-state index contributed by atoms with van der Waals surface area (Å²) in [4.78, 5) is 10.4. The number of furan rings is 2. The molecule has 4 nitrogen and oxygen atoms in total. The molecule has 0 radical (unpaired) electrons. The molecule has 11 rings (SSSR count). The predicted molar refractivity (Wildman–Crippen MR) is 202 cm³/mol. The summed E-state index contributed by atoms with van der Waals surface area (Å²) < 4.78 is 13.1. The Bertz CT molecular complexity index is 3010. The molecule has 1 aliphatic carbocycles. The number of aromatic nitrogens is 2. The molecule has 7 aromatic carbocycles. The molecule has 0 bridgehead atoms. The summed E-state index contributed by atoms with van der Waals surface area (Å²) in [7, 11) is 0. The lowest BCUT2D eigenvalue weighted by molar-refractivity contribution is 0.640. The highest BCUT2D eigenvalue weighted by molar-refractivity contribution is 6.15. The molecule has 0 saturated heterocycles. The average Bonchev–Trinajstić information content (AvgIpc) is 3.83. The van der Waals surface area contributed by atoms with Gasteiger partial charge in [0, 0.05) is 49.0 Å². The van der Waals surface area contributed by atoms with Crippen LogP contribution in [0.4, 0.5) is 0 Å². The third kappa shape index (κ3) is 3.65. The smallest absolute Gasteiger partial charge is 0.160 e. The van der Waals surface area contributed by atoms with Crippen molar-refractivity contribution in [3.05, 3.63) is 168 Å². The van der Waals surface area contributed by atoms with E-state index in [0.717, 1.165) is 71.6 Å². The van der Waals surface area contributed by atoms with E-state index >= 15 is 0 Å². The zero-order valence-electron chi connectivity index (χ0n) is 27.1. The van der Waals surface area contributed by atoms with Crippen LogP contribution in [0.15, 0.2) is 160 Å². The van der Waals surface area contributed by atoms with E-state index in [1.165, 1.54) is 27.8 Å². The van der Waals surface area contributed by atoms with Crippen molar-refractivity contribution in [1.29, 1.82) is 0 Å². The van der Waals surface area contributed by atoms with E-state index in [0.29, 0.717) is 5.82 Å². The maximum absolute atomic E-state index is 6.83. The molecule has 1 aliphatic rings. The Balaban J connectivity index is 1.14. The van der Waals surface area contributed by atoms with Gasteiger partial charge in [0.05, 0.1) is 11.2 Å². The number of rotatable bonds is 3. The van der Waals surface area contributed by atoms with Crippen LogP contribution in [0.1, 0.15) is 23.6 Å². The first-order valence-electron chi connectivity index (χ1n) is 17.0. The first kappa shape index (κ1) is 27.4. The van der Waals surface area contributed by atoms with Gasteiger partial charge in [0.25, 0.3) is 0 Å². The second-order valence-corrected chi connectivity index (χ2v) is 13.4. The van der Waals surface area contributed by atoms with Crippen molar-refractivity contribution in [1.82, 2.24) is 9.97 Å². The first-order valence-corrected chi connectivity index (χ1v) is 17.0. The molecule has 234 valence electrons. The molecule has 3 heterocycles. The fourth-order valence-electron chi connectivity index (χ4n) is 8.44. The number of benzene rings is 7. The van der Waals surface area contributed by atoms with Gasteiger partial charge in [-0.05, 0) is 71.6 Å². The minimum atomic E-state index is -0.363. The van der Waals surface area contributed by atoms with Gasteiger partial charge >= 0.3 is 0 Å². The molecule has 4 heteroatoms. The molecule has 10 aromatic rings. The van der Waals surface area contributed by atoms with Gasteiger partial charge in [0.15, 0.2) is 5.82 Å². The number of fused-ring (bicyclic) bond motifs is 11. The summed E-state index contributed by atoms with van der Waals surface area (Å²) in [5.41, 5.74) is 13.1. The topological polar surface area (TPSA) is 52.1 Å². The monoisotopic (exact) mass is 640 g/mol. The van der Waals surface area contributed by atoms with Crippen LogP contribution >= 0.6 is 0 Å². The summed E-state index contributed by atoms with van der Waals surface area (Å²) in [6.07, 6.45) is 0. The third-order valence-electron chi connectivity index (χ3n) is 10.8. The van der Waals surface area contributed by atoms with Gasteiger partial charge in [-0.25, -0.2) is 9.97 Å². The molecule has 0 spiro atoms. The molecular weight excluding hydrogens is 613 g/mol. The molecule has 50 heavy (non-hydrogen) atoms. The van der Waals surface area contributed by atoms with Crippen LogP contribution < -0.4 is 0 Å². The highest BCUT2D eigenvalue weighted by atomic mass is 16.3. The Morgan fingerprint density at radius 1 is 0.500 bits per heavy atom. The van der Waals surface area contributed by atoms with Crippen LogP contribution in [0.3, 0.4) is 0 Å². The Hall–Kier alpha value is -6.52. The minimum absolute atomic E-state index is 0.363. The zero-order chi connectivity index (χ0) is 33.0. The molecule has 0 amide bonds. The summed E-state index contributed by atoms with van der Waals surface area (Å²) >= 11 is 0. The van der Waals surface area contributed by atoms with Gasteiger partial charge in [-0.1, -0.05) is 109 Å². The van der Waals surface area contributed by atoms with E-state index in [-0.39, 0.29) is 5.41 Å². The maximum Gasteiger partial charge on any atom is 0.160 e.